The Hall–Kier alpha value is -2.80. The van der Waals surface area contributed by atoms with Gasteiger partial charge in [-0.05, 0) is 43.0 Å². The van der Waals surface area contributed by atoms with Crippen LogP contribution in [-0.2, 0) is 17.9 Å². The Bertz CT molecular complexity index is 902. The number of carbonyl (C=O) groups excluding carboxylic acids is 1. The van der Waals surface area contributed by atoms with Crippen LogP contribution in [0.4, 0.5) is 5.69 Å². The first kappa shape index (κ1) is 16.7. The van der Waals surface area contributed by atoms with E-state index in [4.69, 9.17) is 5.73 Å². The molecular formula is C19H23N5O2. The lowest BCUT2D eigenvalue weighted by Crippen LogP contribution is -2.41. The first-order valence-corrected chi connectivity index (χ1v) is 8.88. The van der Waals surface area contributed by atoms with Gasteiger partial charge >= 0.3 is 0 Å². The third-order valence-corrected chi connectivity index (χ3v) is 5.14. The molecular weight excluding hydrogens is 330 g/mol. The number of hydrogen-bond acceptors (Lipinski definition) is 4. The number of benzene rings is 1. The Morgan fingerprint density at radius 1 is 1.27 bits per heavy atom. The molecule has 3 aromatic rings. The van der Waals surface area contributed by atoms with Crippen molar-refractivity contribution in [2.75, 3.05) is 5.73 Å². The molecule has 4 rings (SSSR count). The van der Waals surface area contributed by atoms with Crippen LogP contribution in [0.2, 0.25) is 0 Å². The van der Waals surface area contributed by atoms with Crippen molar-refractivity contribution in [3.63, 3.8) is 0 Å². The van der Waals surface area contributed by atoms with Gasteiger partial charge < -0.3 is 20.7 Å². The lowest BCUT2D eigenvalue weighted by Gasteiger charge is -2.17. The summed E-state index contributed by atoms with van der Waals surface area (Å²) in [5.74, 6) is 0.205. The van der Waals surface area contributed by atoms with Gasteiger partial charge in [0.1, 0.15) is 6.54 Å². The number of nitrogen functional groups attached to an aromatic ring is 1. The van der Waals surface area contributed by atoms with Crippen molar-refractivity contribution in [1.82, 2.24) is 19.7 Å². The molecule has 1 fully saturated rings. The third-order valence-electron chi connectivity index (χ3n) is 5.14. The van der Waals surface area contributed by atoms with Gasteiger partial charge in [-0.2, -0.15) is 5.10 Å². The van der Waals surface area contributed by atoms with Crippen LogP contribution in [0.25, 0.3) is 10.9 Å². The number of nitrogens with one attached hydrogen (secondary N) is 1. The molecule has 7 nitrogen and oxygen atoms in total. The van der Waals surface area contributed by atoms with Crippen molar-refractivity contribution in [2.45, 2.75) is 38.1 Å². The van der Waals surface area contributed by atoms with Crippen molar-refractivity contribution < 1.29 is 9.90 Å². The van der Waals surface area contributed by atoms with E-state index in [2.05, 4.69) is 10.4 Å². The third kappa shape index (κ3) is 3.30. The van der Waals surface area contributed by atoms with Crippen molar-refractivity contribution in [3.05, 3.63) is 48.9 Å². The van der Waals surface area contributed by atoms with Gasteiger partial charge in [-0.1, -0.05) is 6.07 Å². The van der Waals surface area contributed by atoms with E-state index in [0.29, 0.717) is 18.0 Å². The lowest BCUT2D eigenvalue weighted by molar-refractivity contribution is -0.122. The molecule has 1 aliphatic carbocycles. The minimum absolute atomic E-state index is 0.103. The second-order valence-electron chi connectivity index (χ2n) is 7.03. The average Bonchev–Trinajstić information content (AvgIpc) is 3.31. The van der Waals surface area contributed by atoms with Gasteiger partial charge in [0, 0.05) is 36.2 Å². The number of amides is 1. The van der Waals surface area contributed by atoms with Crippen LogP contribution in [0, 0.1) is 5.92 Å². The Morgan fingerprint density at radius 2 is 2.15 bits per heavy atom. The monoisotopic (exact) mass is 353 g/mol. The average molecular weight is 353 g/mol. The van der Waals surface area contributed by atoms with Crippen LogP contribution >= 0.6 is 0 Å². The molecule has 7 heteroatoms. The Labute approximate surface area is 151 Å². The number of nitrogens with two attached hydrogens (primary N) is 1. The van der Waals surface area contributed by atoms with Crippen molar-refractivity contribution >= 4 is 22.5 Å². The zero-order valence-corrected chi connectivity index (χ0v) is 14.5. The lowest BCUT2D eigenvalue weighted by atomic mass is 10.1. The highest BCUT2D eigenvalue weighted by Gasteiger charge is 2.34. The fraction of sp³-hybridized carbons (Fsp3) is 0.368. The second-order valence-corrected chi connectivity index (χ2v) is 7.03. The number of fused-ring (bicyclic) bond motifs is 1. The Kier molecular flexibility index (Phi) is 4.38. The largest absolute Gasteiger partial charge is 0.398 e. The van der Waals surface area contributed by atoms with E-state index in [1.54, 1.807) is 6.20 Å². The van der Waals surface area contributed by atoms with Gasteiger partial charge in [0.25, 0.3) is 0 Å². The number of carbonyl (C=O) groups is 1. The summed E-state index contributed by atoms with van der Waals surface area (Å²) in [6.07, 6.45) is 6.45. The molecule has 26 heavy (non-hydrogen) atoms. The number of nitrogens with zero attached hydrogens (tertiary/aromatic N) is 3. The van der Waals surface area contributed by atoms with Gasteiger partial charge in [-0.3, -0.25) is 9.48 Å². The number of aliphatic hydroxyl groups is 1. The summed E-state index contributed by atoms with van der Waals surface area (Å²) in [7, 11) is 0. The van der Waals surface area contributed by atoms with Crippen LogP contribution in [0.15, 0.2) is 48.9 Å². The van der Waals surface area contributed by atoms with Crippen molar-refractivity contribution in [1.29, 1.82) is 0 Å². The molecule has 1 amide bonds. The van der Waals surface area contributed by atoms with Crippen LogP contribution in [0.3, 0.4) is 0 Å². The van der Waals surface area contributed by atoms with Crippen molar-refractivity contribution in [3.8, 4) is 0 Å². The first-order chi connectivity index (χ1) is 12.6. The summed E-state index contributed by atoms with van der Waals surface area (Å²) in [6.45, 7) is 0.970. The molecule has 0 saturated heterocycles. The topological polar surface area (TPSA) is 98.1 Å². The Morgan fingerprint density at radius 3 is 2.96 bits per heavy atom. The number of aromatic nitrogens is 3. The molecule has 1 unspecified atom stereocenters. The van der Waals surface area contributed by atoms with E-state index in [1.807, 2.05) is 52.0 Å². The molecule has 1 saturated carbocycles. The molecule has 1 aromatic carbocycles. The highest BCUT2D eigenvalue weighted by Crippen LogP contribution is 2.27. The summed E-state index contributed by atoms with van der Waals surface area (Å²) in [6, 6.07) is 9.27. The molecule has 0 radical (unpaired) electrons. The molecule has 1 aliphatic rings. The van der Waals surface area contributed by atoms with Crippen LogP contribution in [0.1, 0.15) is 12.8 Å². The predicted octanol–water partition coefficient (Wildman–Crippen LogP) is 1.38. The fourth-order valence-corrected chi connectivity index (χ4v) is 3.89. The van der Waals surface area contributed by atoms with E-state index in [0.717, 1.165) is 23.9 Å². The standard InChI is InChI=1S/C19H23N5O2/c20-15-3-1-4-17-14(15)5-8-23(17)12-19(26)22-16-9-13(10-18(16)25)11-24-7-2-6-21-24/h1-8,13,16,18,25H,9-12,20H2,(H,22,26)/t13?,16-,18-/m1/s1. The molecule has 0 spiro atoms. The number of aliphatic hydroxyl groups excluding tert-OH is 1. The normalized spacial score (nSPS) is 22.7. The minimum atomic E-state index is -0.517. The van der Waals surface area contributed by atoms with E-state index >= 15 is 0 Å². The summed E-state index contributed by atoms with van der Waals surface area (Å²) >= 11 is 0. The maximum Gasteiger partial charge on any atom is 0.240 e. The summed E-state index contributed by atoms with van der Waals surface area (Å²) in [5.41, 5.74) is 7.60. The number of hydrogen-bond donors (Lipinski definition) is 3. The predicted molar refractivity (Wildman–Crippen MR) is 99.2 cm³/mol. The van der Waals surface area contributed by atoms with Crippen LogP contribution in [-0.4, -0.2) is 37.5 Å². The van der Waals surface area contributed by atoms with Gasteiger partial charge in [0.2, 0.25) is 5.91 Å². The molecule has 2 aromatic heterocycles. The molecule has 136 valence electrons. The molecule has 3 atom stereocenters. The van der Waals surface area contributed by atoms with Crippen LogP contribution < -0.4 is 11.1 Å². The maximum absolute atomic E-state index is 12.5. The molecule has 0 aliphatic heterocycles. The minimum Gasteiger partial charge on any atom is -0.398 e. The zero-order valence-electron chi connectivity index (χ0n) is 14.5. The second kappa shape index (κ2) is 6.84. The highest BCUT2D eigenvalue weighted by molar-refractivity contribution is 5.92. The van der Waals surface area contributed by atoms with E-state index < -0.39 is 6.10 Å². The summed E-state index contributed by atoms with van der Waals surface area (Å²) in [4.78, 5) is 12.5. The molecule has 4 N–H and O–H groups in total. The fourth-order valence-electron chi connectivity index (χ4n) is 3.89. The first-order valence-electron chi connectivity index (χ1n) is 8.88. The van der Waals surface area contributed by atoms with Gasteiger partial charge in [0.15, 0.2) is 0 Å². The SMILES string of the molecule is Nc1cccc2c1ccn2CC(=O)N[C@@H]1CC(Cn2cccn2)C[C@H]1O. The quantitative estimate of drug-likeness (QED) is 0.604. The maximum atomic E-state index is 12.5. The van der Waals surface area contributed by atoms with E-state index in [9.17, 15) is 9.90 Å². The molecule has 2 heterocycles. The Balaban J connectivity index is 1.37. The smallest absolute Gasteiger partial charge is 0.240 e. The number of rotatable bonds is 5. The van der Waals surface area contributed by atoms with Gasteiger partial charge in [-0.25, -0.2) is 0 Å². The van der Waals surface area contributed by atoms with Crippen molar-refractivity contribution in [2.24, 2.45) is 5.92 Å². The number of anilines is 1. The van der Waals surface area contributed by atoms with Gasteiger partial charge in [0.05, 0.1) is 17.7 Å². The highest BCUT2D eigenvalue weighted by atomic mass is 16.3. The zero-order chi connectivity index (χ0) is 18.1. The van der Waals surface area contributed by atoms with Crippen LogP contribution in [0.5, 0.6) is 0 Å². The molecule has 0 bridgehead atoms. The van der Waals surface area contributed by atoms with E-state index in [-0.39, 0.29) is 18.5 Å². The van der Waals surface area contributed by atoms with E-state index in [1.165, 1.54) is 0 Å². The summed E-state index contributed by atoms with van der Waals surface area (Å²) < 4.78 is 3.75. The van der Waals surface area contributed by atoms with Gasteiger partial charge in [-0.15, -0.1) is 0 Å². The summed E-state index contributed by atoms with van der Waals surface area (Å²) in [5, 5.41) is 18.4.